The summed E-state index contributed by atoms with van der Waals surface area (Å²) in [5, 5.41) is 8.89. The van der Waals surface area contributed by atoms with Crippen LogP contribution in [0.15, 0.2) is 0 Å². The zero-order valence-corrected chi connectivity index (χ0v) is 11.6. The van der Waals surface area contributed by atoms with E-state index in [1.807, 2.05) is 0 Å². The van der Waals surface area contributed by atoms with Gasteiger partial charge in [-0.25, -0.2) is 4.79 Å². The van der Waals surface area contributed by atoms with Gasteiger partial charge in [-0.05, 0) is 19.3 Å². The molecule has 3 nitrogen and oxygen atoms in total. The molecule has 0 aliphatic heterocycles. The lowest BCUT2D eigenvalue weighted by Crippen LogP contribution is -2.19. The topological polar surface area (TPSA) is 46.5 Å². The fraction of sp³-hybridized carbons (Fsp3) is 0.929. The molecule has 0 saturated carbocycles. The highest BCUT2D eigenvalue weighted by Crippen LogP contribution is 2.11. The van der Waals surface area contributed by atoms with Crippen molar-refractivity contribution in [3.05, 3.63) is 0 Å². The third kappa shape index (κ3) is 11.7. The Hall–Kier alpha value is -0.570. The molecule has 0 heterocycles. The van der Waals surface area contributed by atoms with Crippen LogP contribution in [-0.2, 0) is 9.53 Å². The number of aliphatic hydroxyl groups is 1. The predicted octanol–water partition coefficient (Wildman–Crippen LogP) is 3.30. The van der Waals surface area contributed by atoms with Gasteiger partial charge in [0.15, 0.2) is 0 Å². The lowest BCUT2D eigenvalue weighted by molar-refractivity contribution is -0.152. The van der Waals surface area contributed by atoms with Crippen molar-refractivity contribution < 1.29 is 14.6 Å². The second-order valence-corrected chi connectivity index (χ2v) is 5.15. The number of aliphatic hydroxyl groups excluding tert-OH is 1. The fourth-order valence-corrected chi connectivity index (χ4v) is 1.66. The van der Waals surface area contributed by atoms with E-state index in [1.165, 1.54) is 39.0 Å². The summed E-state index contributed by atoms with van der Waals surface area (Å²) in [5.74, 6) is 0.303. The summed E-state index contributed by atoms with van der Waals surface area (Å²) in [5.41, 5.74) is 0. The number of unbranched alkanes of at least 4 members (excludes halogenated alkanes) is 5. The van der Waals surface area contributed by atoms with Crippen molar-refractivity contribution in [2.24, 2.45) is 5.92 Å². The van der Waals surface area contributed by atoms with Crippen molar-refractivity contribution in [2.45, 2.75) is 71.8 Å². The first-order valence-electron chi connectivity index (χ1n) is 6.88. The quantitative estimate of drug-likeness (QED) is 0.474. The van der Waals surface area contributed by atoms with E-state index in [4.69, 9.17) is 9.84 Å². The maximum Gasteiger partial charge on any atom is 0.334 e. The summed E-state index contributed by atoms with van der Waals surface area (Å²) < 4.78 is 4.87. The van der Waals surface area contributed by atoms with E-state index in [2.05, 4.69) is 13.8 Å². The Labute approximate surface area is 106 Å². The van der Waals surface area contributed by atoms with Gasteiger partial charge in [0, 0.05) is 0 Å². The first-order chi connectivity index (χ1) is 8.04. The Morgan fingerprint density at radius 1 is 1.00 bits per heavy atom. The Bertz CT molecular complexity index is 188. The minimum atomic E-state index is -0.994. The van der Waals surface area contributed by atoms with Crippen molar-refractivity contribution in [1.29, 1.82) is 0 Å². The normalized spacial score (nSPS) is 12.8. The van der Waals surface area contributed by atoms with Crippen LogP contribution in [0.4, 0.5) is 0 Å². The van der Waals surface area contributed by atoms with Gasteiger partial charge in [-0.15, -0.1) is 0 Å². The van der Waals surface area contributed by atoms with Gasteiger partial charge in [0.25, 0.3) is 0 Å². The molecular weight excluding hydrogens is 216 g/mol. The SMILES string of the molecule is CC(C)CCCCCCCCOC(=O)C(C)O. The summed E-state index contributed by atoms with van der Waals surface area (Å²) in [6, 6.07) is 0. The summed E-state index contributed by atoms with van der Waals surface area (Å²) in [7, 11) is 0. The fourth-order valence-electron chi connectivity index (χ4n) is 1.66. The first-order valence-corrected chi connectivity index (χ1v) is 6.88. The average Bonchev–Trinajstić information content (AvgIpc) is 2.25. The van der Waals surface area contributed by atoms with Gasteiger partial charge in [-0.1, -0.05) is 52.4 Å². The molecule has 1 unspecified atom stereocenters. The number of carbonyl (C=O) groups excluding carboxylic acids is 1. The lowest BCUT2D eigenvalue weighted by Gasteiger charge is -2.06. The molecule has 0 bridgehead atoms. The van der Waals surface area contributed by atoms with E-state index in [0.717, 1.165) is 18.8 Å². The van der Waals surface area contributed by atoms with Crippen LogP contribution in [0.2, 0.25) is 0 Å². The summed E-state index contributed by atoms with van der Waals surface area (Å²) in [4.78, 5) is 10.9. The number of carbonyl (C=O) groups is 1. The molecule has 0 aromatic heterocycles. The largest absolute Gasteiger partial charge is 0.464 e. The van der Waals surface area contributed by atoms with Gasteiger partial charge in [-0.2, -0.15) is 0 Å². The zero-order chi connectivity index (χ0) is 13.1. The zero-order valence-electron chi connectivity index (χ0n) is 11.6. The third-order valence-electron chi connectivity index (χ3n) is 2.76. The molecule has 0 aromatic rings. The van der Waals surface area contributed by atoms with Crippen molar-refractivity contribution in [1.82, 2.24) is 0 Å². The number of esters is 1. The van der Waals surface area contributed by atoms with Gasteiger partial charge in [-0.3, -0.25) is 0 Å². The molecule has 0 rings (SSSR count). The molecule has 0 aliphatic carbocycles. The molecule has 3 heteroatoms. The van der Waals surface area contributed by atoms with E-state index in [-0.39, 0.29) is 0 Å². The van der Waals surface area contributed by atoms with E-state index >= 15 is 0 Å². The van der Waals surface area contributed by atoms with Crippen LogP contribution in [-0.4, -0.2) is 23.8 Å². The number of hydrogen-bond donors (Lipinski definition) is 1. The molecule has 0 amide bonds. The number of hydrogen-bond acceptors (Lipinski definition) is 3. The van der Waals surface area contributed by atoms with Gasteiger partial charge in [0.05, 0.1) is 6.61 Å². The Morgan fingerprint density at radius 2 is 1.53 bits per heavy atom. The standard InChI is InChI=1S/C14H28O3/c1-12(2)10-8-6-4-5-7-9-11-17-14(16)13(3)15/h12-13,15H,4-11H2,1-3H3. The number of ether oxygens (including phenoxy) is 1. The molecule has 0 fully saturated rings. The lowest BCUT2D eigenvalue weighted by atomic mass is 10.0. The van der Waals surface area contributed by atoms with E-state index in [9.17, 15) is 4.79 Å². The summed E-state index contributed by atoms with van der Waals surface area (Å²) in [6.45, 7) is 6.39. The van der Waals surface area contributed by atoms with Crippen molar-refractivity contribution in [3.8, 4) is 0 Å². The van der Waals surface area contributed by atoms with Crippen molar-refractivity contribution in [3.63, 3.8) is 0 Å². The van der Waals surface area contributed by atoms with Crippen molar-refractivity contribution >= 4 is 5.97 Å². The van der Waals surface area contributed by atoms with Gasteiger partial charge in [0.1, 0.15) is 6.10 Å². The summed E-state index contributed by atoms with van der Waals surface area (Å²) in [6.07, 6.45) is 7.47. The maximum absolute atomic E-state index is 10.9. The molecule has 17 heavy (non-hydrogen) atoms. The minimum absolute atomic E-state index is 0.440. The van der Waals surface area contributed by atoms with Crippen LogP contribution < -0.4 is 0 Å². The molecule has 0 radical (unpaired) electrons. The van der Waals surface area contributed by atoms with Crippen LogP contribution >= 0.6 is 0 Å². The highest BCUT2D eigenvalue weighted by atomic mass is 16.5. The number of rotatable bonds is 10. The highest BCUT2D eigenvalue weighted by Gasteiger charge is 2.08. The second-order valence-electron chi connectivity index (χ2n) is 5.15. The summed E-state index contributed by atoms with van der Waals surface area (Å²) >= 11 is 0. The van der Waals surface area contributed by atoms with E-state index in [1.54, 1.807) is 0 Å². The predicted molar refractivity (Wildman–Crippen MR) is 69.8 cm³/mol. The first kappa shape index (κ1) is 16.4. The molecule has 1 atom stereocenters. The van der Waals surface area contributed by atoms with Crippen molar-refractivity contribution in [2.75, 3.05) is 6.61 Å². The smallest absolute Gasteiger partial charge is 0.334 e. The molecule has 102 valence electrons. The van der Waals surface area contributed by atoms with Crippen LogP contribution in [0, 0.1) is 5.92 Å². The monoisotopic (exact) mass is 244 g/mol. The van der Waals surface area contributed by atoms with Crippen LogP contribution in [0.1, 0.15) is 65.7 Å². The molecular formula is C14H28O3. The van der Waals surface area contributed by atoms with Gasteiger partial charge < -0.3 is 9.84 Å². The minimum Gasteiger partial charge on any atom is -0.464 e. The van der Waals surface area contributed by atoms with Crippen LogP contribution in [0.3, 0.4) is 0 Å². The van der Waals surface area contributed by atoms with Crippen LogP contribution in [0.5, 0.6) is 0 Å². The molecule has 0 aromatic carbocycles. The molecule has 0 spiro atoms. The van der Waals surface area contributed by atoms with Gasteiger partial charge in [0.2, 0.25) is 0 Å². The Kier molecular flexibility index (Phi) is 10.2. The van der Waals surface area contributed by atoms with E-state index in [0.29, 0.717) is 6.61 Å². The maximum atomic E-state index is 10.9. The molecule has 1 N–H and O–H groups in total. The molecule has 0 saturated heterocycles. The molecule has 0 aliphatic rings. The Morgan fingerprint density at radius 3 is 2.06 bits per heavy atom. The van der Waals surface area contributed by atoms with E-state index < -0.39 is 12.1 Å². The highest BCUT2D eigenvalue weighted by molar-refractivity contribution is 5.73. The average molecular weight is 244 g/mol. The second kappa shape index (κ2) is 10.6. The van der Waals surface area contributed by atoms with Crippen LogP contribution in [0.25, 0.3) is 0 Å². The van der Waals surface area contributed by atoms with Gasteiger partial charge >= 0.3 is 5.97 Å². The Balaban J connectivity index is 3.11. The third-order valence-corrected chi connectivity index (χ3v) is 2.76.